The molecule has 5 heteroatoms. The molecule has 0 aromatic heterocycles. The van der Waals surface area contributed by atoms with Crippen molar-refractivity contribution in [2.24, 2.45) is 0 Å². The number of amides is 1. The van der Waals surface area contributed by atoms with Gasteiger partial charge >= 0.3 is 0 Å². The molecule has 0 spiro atoms. The van der Waals surface area contributed by atoms with Crippen LogP contribution < -0.4 is 0 Å². The molecule has 0 bridgehead atoms. The highest BCUT2D eigenvalue weighted by Gasteiger charge is 2.34. The Morgan fingerprint density at radius 1 is 1.15 bits per heavy atom. The Morgan fingerprint density at radius 3 is 2.59 bits per heavy atom. The first-order valence-electron chi connectivity index (χ1n) is 9.67. The maximum atomic E-state index is 14.2. The molecular weight excluding hydrogens is 363 g/mol. The number of hydrogen-bond acceptors (Lipinski definition) is 2. The lowest BCUT2D eigenvalue weighted by atomic mass is 10.1. The Labute approximate surface area is 164 Å². The second kappa shape index (κ2) is 7.99. The number of carbonyl (C=O) groups is 1. The van der Waals surface area contributed by atoms with Gasteiger partial charge in [-0.15, -0.1) is 0 Å². The van der Waals surface area contributed by atoms with Crippen molar-refractivity contribution in [1.29, 1.82) is 0 Å². The smallest absolute Gasteiger partial charge is 0.254 e. The van der Waals surface area contributed by atoms with Gasteiger partial charge in [-0.05, 0) is 68.6 Å². The topological polar surface area (TPSA) is 23.6 Å². The average molecular weight is 387 g/mol. The van der Waals surface area contributed by atoms with E-state index in [1.54, 1.807) is 17.0 Å². The quantitative estimate of drug-likeness (QED) is 0.706. The monoisotopic (exact) mass is 386 g/mol. The van der Waals surface area contributed by atoms with E-state index in [1.165, 1.54) is 18.9 Å². The predicted molar refractivity (Wildman–Crippen MR) is 105 cm³/mol. The molecule has 1 heterocycles. The van der Waals surface area contributed by atoms with Crippen LogP contribution in [0.4, 0.5) is 4.39 Å². The van der Waals surface area contributed by atoms with Crippen LogP contribution in [0.5, 0.6) is 0 Å². The fourth-order valence-corrected chi connectivity index (χ4v) is 4.00. The molecule has 27 heavy (non-hydrogen) atoms. The summed E-state index contributed by atoms with van der Waals surface area (Å²) in [6.45, 7) is 3.34. The van der Waals surface area contributed by atoms with Crippen LogP contribution in [0.15, 0.2) is 42.5 Å². The number of hydrogen-bond donors (Lipinski definition) is 0. The van der Waals surface area contributed by atoms with Crippen molar-refractivity contribution in [2.75, 3.05) is 13.1 Å². The molecule has 0 N–H and O–H groups in total. The van der Waals surface area contributed by atoms with Gasteiger partial charge in [-0.2, -0.15) is 0 Å². The van der Waals surface area contributed by atoms with Gasteiger partial charge in [0.25, 0.3) is 5.91 Å². The number of carbonyl (C=O) groups excluding carboxylic acids is 1. The Balaban J connectivity index is 1.54. The van der Waals surface area contributed by atoms with E-state index in [0.717, 1.165) is 38.0 Å². The van der Waals surface area contributed by atoms with Crippen LogP contribution in [-0.4, -0.2) is 34.8 Å². The molecule has 2 aromatic rings. The van der Waals surface area contributed by atoms with Crippen molar-refractivity contribution in [3.8, 4) is 0 Å². The van der Waals surface area contributed by atoms with E-state index in [9.17, 15) is 9.18 Å². The molecule has 0 radical (unpaired) electrons. The Kier molecular flexibility index (Phi) is 5.46. The highest BCUT2D eigenvalue weighted by Crippen LogP contribution is 2.32. The van der Waals surface area contributed by atoms with Gasteiger partial charge in [-0.25, -0.2) is 4.39 Å². The van der Waals surface area contributed by atoms with Crippen LogP contribution in [0.3, 0.4) is 0 Å². The molecule has 142 valence electrons. The fourth-order valence-electron chi connectivity index (χ4n) is 3.77. The summed E-state index contributed by atoms with van der Waals surface area (Å²) in [4.78, 5) is 17.4. The first kappa shape index (κ1) is 18.5. The van der Waals surface area contributed by atoms with E-state index in [1.807, 2.05) is 18.2 Å². The minimum Gasteiger partial charge on any atom is -0.331 e. The minimum atomic E-state index is -0.358. The van der Waals surface area contributed by atoms with E-state index in [-0.39, 0.29) is 24.3 Å². The SMILES string of the molecule is O=C(c1cccc(CN2CCCC2)c1)N(Cc1c(F)cccc1Cl)C1CC1. The van der Waals surface area contributed by atoms with Crippen LogP contribution in [0.2, 0.25) is 5.02 Å². The molecule has 0 unspecified atom stereocenters. The molecule has 1 aliphatic carbocycles. The minimum absolute atomic E-state index is 0.0416. The van der Waals surface area contributed by atoms with E-state index < -0.39 is 0 Å². The van der Waals surface area contributed by atoms with E-state index in [2.05, 4.69) is 11.0 Å². The summed E-state index contributed by atoms with van der Waals surface area (Å²) >= 11 is 6.19. The van der Waals surface area contributed by atoms with Gasteiger partial charge in [-0.3, -0.25) is 9.69 Å². The second-order valence-electron chi connectivity index (χ2n) is 7.55. The van der Waals surface area contributed by atoms with E-state index >= 15 is 0 Å². The van der Waals surface area contributed by atoms with Crippen molar-refractivity contribution in [1.82, 2.24) is 9.80 Å². The standard InChI is InChI=1S/C22H24ClFN2O/c23-20-7-4-8-21(24)19(20)15-26(18-9-10-18)22(27)17-6-3-5-16(13-17)14-25-11-1-2-12-25/h3-8,13,18H,1-2,9-12,14-15H2. The largest absolute Gasteiger partial charge is 0.331 e. The molecule has 2 fully saturated rings. The third kappa shape index (κ3) is 4.33. The van der Waals surface area contributed by atoms with Crippen LogP contribution in [0.25, 0.3) is 0 Å². The summed E-state index contributed by atoms with van der Waals surface area (Å²) in [5.41, 5.74) is 2.22. The maximum Gasteiger partial charge on any atom is 0.254 e. The van der Waals surface area contributed by atoms with Gasteiger partial charge in [0.2, 0.25) is 0 Å². The Bertz CT molecular complexity index is 811. The lowest BCUT2D eigenvalue weighted by Gasteiger charge is -2.24. The molecule has 2 aromatic carbocycles. The van der Waals surface area contributed by atoms with Crippen molar-refractivity contribution >= 4 is 17.5 Å². The van der Waals surface area contributed by atoms with Gasteiger partial charge in [0, 0.05) is 28.7 Å². The Morgan fingerprint density at radius 2 is 1.89 bits per heavy atom. The summed E-state index contributed by atoms with van der Waals surface area (Å²) in [6.07, 6.45) is 4.42. The summed E-state index contributed by atoms with van der Waals surface area (Å²) in [5.74, 6) is -0.399. The molecule has 1 aliphatic heterocycles. The third-order valence-corrected chi connectivity index (χ3v) is 5.77. The zero-order valence-corrected chi connectivity index (χ0v) is 16.1. The zero-order chi connectivity index (χ0) is 18.8. The molecular formula is C22H24ClFN2O. The van der Waals surface area contributed by atoms with Crippen molar-refractivity contribution in [3.63, 3.8) is 0 Å². The summed E-state index contributed by atoms with van der Waals surface area (Å²) in [7, 11) is 0. The molecule has 1 saturated carbocycles. The van der Waals surface area contributed by atoms with E-state index in [4.69, 9.17) is 11.6 Å². The molecule has 2 aliphatic rings. The summed E-state index contributed by atoms with van der Waals surface area (Å²) in [5, 5.41) is 0.372. The number of benzene rings is 2. The summed E-state index contributed by atoms with van der Waals surface area (Å²) < 4.78 is 14.2. The van der Waals surface area contributed by atoms with Crippen LogP contribution >= 0.6 is 11.6 Å². The lowest BCUT2D eigenvalue weighted by molar-refractivity contribution is 0.0728. The Hall–Kier alpha value is -1.91. The lowest BCUT2D eigenvalue weighted by Crippen LogP contribution is -2.33. The molecule has 0 atom stereocenters. The third-order valence-electron chi connectivity index (χ3n) is 5.42. The van der Waals surface area contributed by atoms with Gasteiger partial charge in [0.05, 0.1) is 6.54 Å². The molecule has 1 amide bonds. The van der Waals surface area contributed by atoms with E-state index in [0.29, 0.717) is 16.1 Å². The van der Waals surface area contributed by atoms with Crippen LogP contribution in [0, 0.1) is 5.82 Å². The predicted octanol–water partition coefficient (Wildman–Crippen LogP) is 4.88. The molecule has 1 saturated heterocycles. The van der Waals surface area contributed by atoms with Gasteiger partial charge in [-0.1, -0.05) is 29.8 Å². The zero-order valence-electron chi connectivity index (χ0n) is 15.3. The summed E-state index contributed by atoms with van der Waals surface area (Å²) in [6, 6.07) is 12.7. The van der Waals surface area contributed by atoms with Gasteiger partial charge in [0.15, 0.2) is 0 Å². The highest BCUT2D eigenvalue weighted by atomic mass is 35.5. The number of nitrogens with zero attached hydrogens (tertiary/aromatic N) is 2. The van der Waals surface area contributed by atoms with Crippen molar-refractivity contribution in [2.45, 2.75) is 44.8 Å². The van der Waals surface area contributed by atoms with Crippen LogP contribution in [-0.2, 0) is 13.1 Å². The van der Waals surface area contributed by atoms with Gasteiger partial charge in [0.1, 0.15) is 5.82 Å². The first-order chi connectivity index (χ1) is 13.1. The first-order valence-corrected chi connectivity index (χ1v) is 10.0. The highest BCUT2D eigenvalue weighted by molar-refractivity contribution is 6.31. The van der Waals surface area contributed by atoms with Gasteiger partial charge < -0.3 is 4.90 Å². The maximum absolute atomic E-state index is 14.2. The second-order valence-corrected chi connectivity index (χ2v) is 7.96. The number of halogens is 2. The van der Waals surface area contributed by atoms with Crippen molar-refractivity contribution < 1.29 is 9.18 Å². The normalized spacial score (nSPS) is 17.3. The average Bonchev–Trinajstić information content (AvgIpc) is 3.38. The van der Waals surface area contributed by atoms with Crippen LogP contribution in [0.1, 0.15) is 47.2 Å². The number of rotatable bonds is 6. The fraction of sp³-hybridized carbons (Fsp3) is 0.409. The molecule has 3 nitrogen and oxygen atoms in total. The number of likely N-dealkylation sites (tertiary alicyclic amines) is 1. The van der Waals surface area contributed by atoms with Crippen molar-refractivity contribution in [3.05, 3.63) is 70.0 Å². The molecule has 4 rings (SSSR count).